The fourth-order valence-electron chi connectivity index (χ4n) is 4.60. The molecule has 8 nitrogen and oxygen atoms in total. The van der Waals surface area contributed by atoms with Crippen LogP contribution in [0.15, 0.2) is 30.6 Å². The maximum absolute atomic E-state index is 12.3. The fourth-order valence-corrected chi connectivity index (χ4v) is 4.60. The fraction of sp³-hybridized carbons (Fsp3) is 0.519. The van der Waals surface area contributed by atoms with Gasteiger partial charge in [-0.2, -0.15) is 5.10 Å². The number of esters is 1. The van der Waals surface area contributed by atoms with Crippen molar-refractivity contribution in [3.63, 3.8) is 0 Å². The van der Waals surface area contributed by atoms with Gasteiger partial charge in [0.2, 0.25) is 5.91 Å². The molecule has 0 saturated carbocycles. The number of nitrogens with one attached hydrogen (secondary N) is 3. The van der Waals surface area contributed by atoms with E-state index >= 15 is 0 Å². The number of anilines is 1. The minimum atomic E-state index is -0.485. The van der Waals surface area contributed by atoms with Crippen molar-refractivity contribution in [1.82, 2.24) is 20.1 Å². The van der Waals surface area contributed by atoms with Crippen LogP contribution in [0.3, 0.4) is 0 Å². The summed E-state index contributed by atoms with van der Waals surface area (Å²) in [7, 11) is 0. The second-order valence-electron chi connectivity index (χ2n) is 9.71. The number of nitrogens with zero attached hydrogens (tertiary/aromatic N) is 2. The zero-order chi connectivity index (χ0) is 24.8. The summed E-state index contributed by atoms with van der Waals surface area (Å²) >= 11 is 0. The van der Waals surface area contributed by atoms with Gasteiger partial charge < -0.3 is 20.4 Å². The van der Waals surface area contributed by atoms with Crippen LogP contribution in [-0.2, 0) is 33.6 Å². The zero-order valence-corrected chi connectivity index (χ0v) is 21.0. The molecule has 1 unspecified atom stereocenters. The monoisotopic (exact) mass is 479 g/mol. The largest absolute Gasteiger partial charge is 0.465 e. The van der Waals surface area contributed by atoms with Crippen molar-refractivity contribution in [2.45, 2.75) is 77.8 Å². The lowest BCUT2D eigenvalue weighted by Crippen LogP contribution is -2.35. The molecule has 4 rings (SSSR count). The second-order valence-corrected chi connectivity index (χ2v) is 9.71. The van der Waals surface area contributed by atoms with E-state index in [4.69, 9.17) is 4.74 Å². The summed E-state index contributed by atoms with van der Waals surface area (Å²) in [6, 6.07) is 6.67. The van der Waals surface area contributed by atoms with Gasteiger partial charge in [0.05, 0.1) is 12.8 Å². The van der Waals surface area contributed by atoms with Gasteiger partial charge >= 0.3 is 5.97 Å². The maximum Gasteiger partial charge on any atom is 0.315 e. The summed E-state index contributed by atoms with van der Waals surface area (Å²) < 4.78 is 7.09. The molecular weight excluding hydrogens is 442 g/mol. The van der Waals surface area contributed by atoms with E-state index in [2.05, 4.69) is 40.8 Å². The smallest absolute Gasteiger partial charge is 0.315 e. The highest BCUT2D eigenvalue weighted by Gasteiger charge is 2.22. The molecule has 3 aromatic rings. The van der Waals surface area contributed by atoms with Crippen molar-refractivity contribution in [1.29, 1.82) is 0 Å². The summed E-state index contributed by atoms with van der Waals surface area (Å²) in [5.74, 6) is -0.836. The van der Waals surface area contributed by atoms with E-state index in [-0.39, 0.29) is 12.3 Å². The molecule has 0 radical (unpaired) electrons. The van der Waals surface area contributed by atoms with E-state index in [1.54, 1.807) is 0 Å². The first kappa shape index (κ1) is 25.0. The predicted octanol–water partition coefficient (Wildman–Crippen LogP) is 4.31. The quantitative estimate of drug-likeness (QED) is 0.216. The van der Waals surface area contributed by atoms with Crippen LogP contribution in [0.2, 0.25) is 0 Å². The number of aryl methyl sites for hydroxylation is 1. The third kappa shape index (κ3) is 6.51. The lowest BCUT2D eigenvalue weighted by molar-refractivity contribution is -0.145. The highest BCUT2D eigenvalue weighted by atomic mass is 16.5. The number of hydrogen-bond donors (Lipinski definition) is 3. The molecule has 0 spiro atoms. The Labute approximate surface area is 206 Å². The van der Waals surface area contributed by atoms with Gasteiger partial charge in [-0.05, 0) is 81.8 Å². The first-order valence-electron chi connectivity index (χ1n) is 12.8. The van der Waals surface area contributed by atoms with Crippen LogP contribution in [0, 0.1) is 0 Å². The predicted molar refractivity (Wildman–Crippen MR) is 138 cm³/mol. The molecule has 2 aromatic heterocycles. The Morgan fingerprint density at radius 2 is 2.17 bits per heavy atom. The molecule has 3 N–H and O–H groups in total. The number of rotatable bonds is 11. The topological polar surface area (TPSA) is 101 Å². The second kappa shape index (κ2) is 11.5. The molecule has 2 heterocycles. The van der Waals surface area contributed by atoms with Gasteiger partial charge in [0.1, 0.15) is 6.42 Å². The van der Waals surface area contributed by atoms with E-state index in [1.165, 1.54) is 16.8 Å². The molecule has 1 amide bonds. The van der Waals surface area contributed by atoms with Gasteiger partial charge in [0.15, 0.2) is 0 Å². The Bertz CT molecular complexity index is 1160. The number of amides is 1. The van der Waals surface area contributed by atoms with Crippen molar-refractivity contribution in [2.24, 2.45) is 0 Å². The summed E-state index contributed by atoms with van der Waals surface area (Å²) in [5, 5.41) is 12.1. The number of ether oxygens (including phenoxy) is 1. The molecule has 0 aliphatic heterocycles. The van der Waals surface area contributed by atoms with E-state index < -0.39 is 5.97 Å². The standard InChI is InChI=1S/C27H37N5O3/c1-4-5-12-35-27(34)15-26(33)30-21-7-9-25-23(14-21)22-13-20(6-8-24(22)31-25)28-11-10-19-16-29-32(17-19)18(2)3/h7,9,14,16-18,20,28,31H,4-6,8,10-13,15H2,1-3H3,(H,30,33). The van der Waals surface area contributed by atoms with E-state index in [0.29, 0.717) is 24.4 Å². The van der Waals surface area contributed by atoms with Gasteiger partial charge in [0, 0.05) is 40.6 Å². The molecule has 8 heteroatoms. The summed E-state index contributed by atoms with van der Waals surface area (Å²) in [4.78, 5) is 27.7. The number of fused-ring (bicyclic) bond motifs is 3. The molecule has 0 saturated heterocycles. The van der Waals surface area contributed by atoms with Crippen molar-refractivity contribution >= 4 is 28.5 Å². The SMILES string of the molecule is CCCCOC(=O)CC(=O)Nc1ccc2[nH]c3c(c2c1)CC(NCCc1cnn(C(C)C)c1)CC3. The Balaban J connectivity index is 1.33. The Morgan fingerprint density at radius 3 is 2.94 bits per heavy atom. The van der Waals surface area contributed by atoms with Gasteiger partial charge in [-0.25, -0.2) is 0 Å². The third-order valence-electron chi connectivity index (χ3n) is 6.57. The van der Waals surface area contributed by atoms with Crippen molar-refractivity contribution in [3.8, 4) is 0 Å². The normalized spacial score (nSPS) is 15.4. The number of aromatic amines is 1. The lowest BCUT2D eigenvalue weighted by Gasteiger charge is -2.23. The molecule has 188 valence electrons. The number of H-pyrrole nitrogens is 1. The molecule has 0 bridgehead atoms. The highest BCUT2D eigenvalue weighted by molar-refractivity contribution is 6.03. The van der Waals surface area contributed by atoms with E-state index in [0.717, 1.165) is 56.0 Å². The highest BCUT2D eigenvalue weighted by Crippen LogP contribution is 2.31. The Morgan fingerprint density at radius 1 is 1.31 bits per heavy atom. The summed E-state index contributed by atoms with van der Waals surface area (Å²) in [5.41, 5.74) is 5.62. The average Bonchev–Trinajstić information content (AvgIpc) is 3.44. The molecule has 1 aromatic carbocycles. The number of carbonyl (C=O) groups excluding carboxylic acids is 2. The molecular formula is C27H37N5O3. The Kier molecular flexibility index (Phi) is 8.23. The van der Waals surface area contributed by atoms with E-state index in [1.807, 2.05) is 36.0 Å². The minimum Gasteiger partial charge on any atom is -0.465 e. The molecule has 35 heavy (non-hydrogen) atoms. The third-order valence-corrected chi connectivity index (χ3v) is 6.57. The number of hydrogen-bond acceptors (Lipinski definition) is 5. The Hall–Kier alpha value is -3.13. The van der Waals surface area contributed by atoms with Gasteiger partial charge in [0.25, 0.3) is 0 Å². The van der Waals surface area contributed by atoms with Crippen LogP contribution in [0.5, 0.6) is 0 Å². The van der Waals surface area contributed by atoms with Crippen molar-refractivity contribution in [2.75, 3.05) is 18.5 Å². The van der Waals surface area contributed by atoms with Crippen LogP contribution in [0.1, 0.15) is 69.3 Å². The summed E-state index contributed by atoms with van der Waals surface area (Å²) in [6.07, 6.45) is 9.57. The summed E-state index contributed by atoms with van der Waals surface area (Å²) in [6.45, 7) is 7.58. The van der Waals surface area contributed by atoms with Crippen LogP contribution in [0.4, 0.5) is 5.69 Å². The van der Waals surface area contributed by atoms with Crippen LogP contribution in [-0.4, -0.2) is 45.8 Å². The van der Waals surface area contributed by atoms with Gasteiger partial charge in [-0.15, -0.1) is 0 Å². The van der Waals surface area contributed by atoms with Gasteiger partial charge in [-0.1, -0.05) is 13.3 Å². The number of benzene rings is 1. The average molecular weight is 480 g/mol. The van der Waals surface area contributed by atoms with Gasteiger partial charge in [-0.3, -0.25) is 14.3 Å². The lowest BCUT2D eigenvalue weighted by atomic mass is 9.91. The van der Waals surface area contributed by atoms with Crippen molar-refractivity contribution in [3.05, 3.63) is 47.4 Å². The number of unbranched alkanes of at least 4 members (excludes halogenated alkanes) is 1. The maximum atomic E-state index is 12.3. The number of carbonyl (C=O) groups is 2. The van der Waals surface area contributed by atoms with E-state index in [9.17, 15) is 9.59 Å². The zero-order valence-electron chi connectivity index (χ0n) is 21.0. The van der Waals surface area contributed by atoms with Crippen molar-refractivity contribution < 1.29 is 14.3 Å². The molecule has 1 atom stereocenters. The minimum absolute atomic E-state index is 0.269. The first-order chi connectivity index (χ1) is 16.9. The molecule has 1 aliphatic rings. The number of aromatic nitrogens is 3. The van der Waals surface area contributed by atoms with Crippen LogP contribution < -0.4 is 10.6 Å². The van der Waals surface area contributed by atoms with Crippen LogP contribution in [0.25, 0.3) is 10.9 Å². The first-order valence-corrected chi connectivity index (χ1v) is 12.8. The molecule has 0 fully saturated rings. The molecule has 1 aliphatic carbocycles. The van der Waals surface area contributed by atoms with Crippen LogP contribution >= 0.6 is 0 Å².